The SMILES string of the molecule is CC1=C(OCC#N)C(C)NN1C1=CC(N)=Nc2c(c(-c3ccc(F)cc3)nn2CC2CC2)CC=N1. The molecule has 35 heavy (non-hydrogen) atoms. The minimum Gasteiger partial charge on any atom is -0.479 e. The van der Waals surface area contributed by atoms with E-state index < -0.39 is 0 Å². The van der Waals surface area contributed by atoms with E-state index in [1.807, 2.05) is 30.8 Å². The Morgan fingerprint density at radius 3 is 2.77 bits per heavy atom. The van der Waals surface area contributed by atoms with Gasteiger partial charge in [-0.05, 0) is 56.9 Å². The zero-order valence-corrected chi connectivity index (χ0v) is 19.7. The number of ether oxygens (including phenoxy) is 1. The molecule has 2 aromatic rings. The van der Waals surface area contributed by atoms with E-state index >= 15 is 0 Å². The van der Waals surface area contributed by atoms with Crippen LogP contribution in [-0.2, 0) is 17.7 Å². The molecular weight excluding hydrogens is 447 g/mol. The third-order valence-electron chi connectivity index (χ3n) is 6.23. The first-order chi connectivity index (χ1) is 16.9. The Morgan fingerprint density at radius 1 is 1.29 bits per heavy atom. The molecule has 10 heteroatoms. The normalized spacial score (nSPS) is 19.9. The smallest absolute Gasteiger partial charge is 0.174 e. The molecule has 1 aliphatic carbocycles. The van der Waals surface area contributed by atoms with E-state index in [1.165, 1.54) is 25.0 Å². The third-order valence-corrected chi connectivity index (χ3v) is 6.23. The van der Waals surface area contributed by atoms with Crippen LogP contribution in [0, 0.1) is 23.1 Å². The van der Waals surface area contributed by atoms with E-state index in [1.54, 1.807) is 23.2 Å². The number of halogens is 1. The molecule has 0 saturated heterocycles. The quantitative estimate of drug-likeness (QED) is 0.661. The second-order valence-electron chi connectivity index (χ2n) is 8.92. The lowest BCUT2D eigenvalue weighted by Gasteiger charge is -2.20. The van der Waals surface area contributed by atoms with Crippen LogP contribution in [0.4, 0.5) is 10.2 Å². The van der Waals surface area contributed by atoms with Crippen molar-refractivity contribution in [1.82, 2.24) is 20.2 Å². The van der Waals surface area contributed by atoms with Crippen molar-refractivity contribution in [3.05, 3.63) is 59.0 Å². The zero-order valence-electron chi connectivity index (χ0n) is 19.7. The van der Waals surface area contributed by atoms with Gasteiger partial charge in [0.1, 0.15) is 23.5 Å². The Labute approximate surface area is 203 Å². The summed E-state index contributed by atoms with van der Waals surface area (Å²) in [5.74, 6) is 2.51. The molecule has 3 aliphatic rings. The molecule has 5 rings (SSSR count). The highest BCUT2D eigenvalue weighted by molar-refractivity contribution is 5.95. The van der Waals surface area contributed by atoms with Gasteiger partial charge in [0.05, 0.1) is 17.4 Å². The number of hydrogen-bond acceptors (Lipinski definition) is 8. The van der Waals surface area contributed by atoms with E-state index in [2.05, 4.69) is 5.43 Å². The Bertz CT molecular complexity index is 1290. The summed E-state index contributed by atoms with van der Waals surface area (Å²) < 4.78 is 21.1. The predicted molar refractivity (Wildman–Crippen MR) is 131 cm³/mol. The summed E-state index contributed by atoms with van der Waals surface area (Å²) >= 11 is 0. The molecule has 1 unspecified atom stereocenters. The summed E-state index contributed by atoms with van der Waals surface area (Å²) in [7, 11) is 0. The van der Waals surface area contributed by atoms with Crippen molar-refractivity contribution >= 4 is 17.9 Å². The van der Waals surface area contributed by atoms with Gasteiger partial charge >= 0.3 is 0 Å². The number of nitriles is 1. The summed E-state index contributed by atoms with van der Waals surface area (Å²) in [5.41, 5.74) is 13.0. The molecule has 0 spiro atoms. The van der Waals surface area contributed by atoms with Crippen LogP contribution < -0.4 is 11.2 Å². The van der Waals surface area contributed by atoms with Crippen molar-refractivity contribution < 1.29 is 9.13 Å². The van der Waals surface area contributed by atoms with E-state index in [-0.39, 0.29) is 24.3 Å². The molecule has 1 fully saturated rings. The Kier molecular flexibility index (Phi) is 6.09. The summed E-state index contributed by atoms with van der Waals surface area (Å²) in [4.78, 5) is 9.45. The molecule has 2 aliphatic heterocycles. The maximum Gasteiger partial charge on any atom is 0.174 e. The van der Waals surface area contributed by atoms with Crippen LogP contribution in [0.25, 0.3) is 11.3 Å². The first-order valence-electron chi connectivity index (χ1n) is 11.7. The number of hydrazine groups is 1. The first-order valence-corrected chi connectivity index (χ1v) is 11.7. The summed E-state index contributed by atoms with van der Waals surface area (Å²) in [5, 5.41) is 15.5. The van der Waals surface area contributed by atoms with E-state index in [0.717, 1.165) is 29.1 Å². The molecule has 1 atom stereocenters. The molecule has 3 heterocycles. The van der Waals surface area contributed by atoms with Crippen molar-refractivity contribution in [2.45, 2.75) is 45.7 Å². The van der Waals surface area contributed by atoms with Gasteiger partial charge in [0.25, 0.3) is 0 Å². The number of aromatic nitrogens is 2. The van der Waals surface area contributed by atoms with Crippen LogP contribution >= 0.6 is 0 Å². The molecule has 3 N–H and O–H groups in total. The highest BCUT2D eigenvalue weighted by Gasteiger charge is 2.30. The fourth-order valence-electron chi connectivity index (χ4n) is 4.34. The van der Waals surface area contributed by atoms with E-state index in [4.69, 9.17) is 30.8 Å². The van der Waals surface area contributed by atoms with Gasteiger partial charge in [-0.25, -0.2) is 24.5 Å². The summed E-state index contributed by atoms with van der Waals surface area (Å²) in [6, 6.07) is 8.20. The van der Waals surface area contributed by atoms with Crippen LogP contribution in [0.5, 0.6) is 0 Å². The van der Waals surface area contributed by atoms with Crippen molar-refractivity contribution in [3.8, 4) is 17.3 Å². The van der Waals surface area contributed by atoms with Gasteiger partial charge in [0.15, 0.2) is 18.2 Å². The Morgan fingerprint density at radius 2 is 2.06 bits per heavy atom. The van der Waals surface area contributed by atoms with E-state index in [0.29, 0.717) is 29.7 Å². The summed E-state index contributed by atoms with van der Waals surface area (Å²) in [6.07, 6.45) is 6.33. The number of nitrogens with two attached hydrogens (primary N) is 1. The Hall–Kier alpha value is -3.97. The van der Waals surface area contributed by atoms with Gasteiger partial charge in [-0.2, -0.15) is 10.4 Å². The van der Waals surface area contributed by atoms with Gasteiger partial charge in [-0.1, -0.05) is 0 Å². The number of benzene rings is 1. The van der Waals surface area contributed by atoms with Crippen molar-refractivity contribution in [3.63, 3.8) is 0 Å². The highest BCUT2D eigenvalue weighted by Crippen LogP contribution is 2.37. The van der Waals surface area contributed by atoms with Crippen molar-refractivity contribution in [1.29, 1.82) is 5.26 Å². The fraction of sp³-hybridized carbons (Fsp3) is 0.360. The van der Waals surface area contributed by atoms with Gasteiger partial charge < -0.3 is 10.5 Å². The molecule has 0 radical (unpaired) electrons. The lowest BCUT2D eigenvalue weighted by atomic mass is 10.1. The van der Waals surface area contributed by atoms with Gasteiger partial charge in [-0.3, -0.25) is 5.01 Å². The van der Waals surface area contributed by atoms with Crippen LogP contribution in [-0.4, -0.2) is 39.5 Å². The number of aliphatic imine (C=N–C) groups is 2. The molecule has 1 aromatic carbocycles. The van der Waals surface area contributed by atoms with Gasteiger partial charge in [0.2, 0.25) is 0 Å². The van der Waals surface area contributed by atoms with Crippen LogP contribution in [0.15, 0.2) is 57.6 Å². The monoisotopic (exact) mass is 474 g/mol. The maximum absolute atomic E-state index is 13.6. The fourth-order valence-corrected chi connectivity index (χ4v) is 4.34. The van der Waals surface area contributed by atoms with Crippen molar-refractivity contribution in [2.75, 3.05) is 6.61 Å². The largest absolute Gasteiger partial charge is 0.479 e. The van der Waals surface area contributed by atoms with Crippen molar-refractivity contribution in [2.24, 2.45) is 21.6 Å². The molecule has 0 amide bonds. The van der Waals surface area contributed by atoms with Gasteiger partial charge in [-0.15, -0.1) is 0 Å². The van der Waals surface area contributed by atoms with Crippen LogP contribution in [0.1, 0.15) is 32.3 Å². The molecular formula is C25H27FN8O. The van der Waals surface area contributed by atoms with Crippen LogP contribution in [0.3, 0.4) is 0 Å². The number of allylic oxidation sites excluding steroid dienone is 1. The molecule has 1 aromatic heterocycles. The minimum absolute atomic E-state index is 0.0303. The summed E-state index contributed by atoms with van der Waals surface area (Å²) in [6.45, 7) is 4.58. The number of nitrogens with zero attached hydrogens (tertiary/aromatic N) is 6. The number of amidine groups is 1. The molecule has 180 valence electrons. The number of hydrogen-bond donors (Lipinski definition) is 2. The second kappa shape index (κ2) is 9.35. The van der Waals surface area contributed by atoms with Gasteiger partial charge in [0, 0.05) is 36.4 Å². The number of fused-ring (bicyclic) bond motifs is 1. The maximum atomic E-state index is 13.6. The Balaban J connectivity index is 1.53. The predicted octanol–water partition coefficient (Wildman–Crippen LogP) is 3.54. The molecule has 0 bridgehead atoms. The standard InChI is InChI=1S/C25H27FN8O/c1-15-24(35-12-10-27)16(2)34(31-15)22-13-21(28)30-25-20(9-11-29-22)23(18-5-7-19(26)8-6-18)32-33(25)14-17-3-4-17/h5-8,11,13,15,17,31H,3-4,9,12,14H2,1-2H3,(H2,28,30). The molecule has 1 saturated carbocycles. The average molecular weight is 475 g/mol. The third kappa shape index (κ3) is 4.68. The molecule has 9 nitrogen and oxygen atoms in total. The number of rotatable bonds is 6. The average Bonchev–Trinajstić information content (AvgIpc) is 3.51. The lowest BCUT2D eigenvalue weighted by Crippen LogP contribution is -2.35. The van der Waals surface area contributed by atoms with Crippen LogP contribution in [0.2, 0.25) is 0 Å². The minimum atomic E-state index is -0.294. The first kappa shape index (κ1) is 22.8. The zero-order chi connectivity index (χ0) is 24.5. The topological polar surface area (TPSA) is 117 Å². The lowest BCUT2D eigenvalue weighted by molar-refractivity contribution is 0.227. The number of nitrogens with one attached hydrogen (secondary N) is 1. The van der Waals surface area contributed by atoms with E-state index in [9.17, 15) is 4.39 Å². The highest BCUT2D eigenvalue weighted by atomic mass is 19.1. The second-order valence-corrected chi connectivity index (χ2v) is 8.92.